The number of aliphatic hydroxyl groups excluding tert-OH is 2. The molecule has 5 atom stereocenters. The highest BCUT2D eigenvalue weighted by Gasteiger charge is 2.66. The van der Waals surface area contributed by atoms with Gasteiger partial charge in [-0.2, -0.15) is 0 Å². The molecule has 3 amide bonds. The molecule has 0 spiro atoms. The fourth-order valence-electron chi connectivity index (χ4n) is 8.38. The van der Waals surface area contributed by atoms with Crippen LogP contribution in [0.3, 0.4) is 0 Å². The number of fused-ring (bicyclic) bond motifs is 3. The standard InChI is InChI=1S/C22H24N2O8.C19H20N2O2/c1-21(31)8-5-4-6-11(25)12(8)16(26)13-9(21)7-10-15(24(2)3)17(27)14(20(23)30)19(29)22(10,32)18(13)28;1-2-3-14-17-18(22)20(15-10-6-4-7-11-15)21(19(17)23)16-12-8-5-9-13-16/h4-6,9-10,15,25-26,29,31-32H,7H2,1-3H3,(H2,23,30);4-13,17H,2-3,14H2,1H3/t9-,10-,15-,21+,22-;/m0./s1. The first-order valence-electron chi connectivity index (χ1n) is 18.0. The molecule has 4 aliphatic rings. The number of nitrogens with zero attached hydrogens (tertiary/aromatic N) is 3. The van der Waals surface area contributed by atoms with Crippen LogP contribution in [0.1, 0.15) is 50.7 Å². The van der Waals surface area contributed by atoms with Crippen molar-refractivity contribution >= 4 is 46.4 Å². The van der Waals surface area contributed by atoms with Gasteiger partial charge in [0, 0.05) is 17.4 Å². The van der Waals surface area contributed by atoms with Crippen LogP contribution in [0.5, 0.6) is 5.75 Å². The smallest absolute Gasteiger partial charge is 0.258 e. The van der Waals surface area contributed by atoms with Gasteiger partial charge in [-0.3, -0.25) is 28.9 Å². The van der Waals surface area contributed by atoms with Crippen LogP contribution >= 0.6 is 0 Å². The zero-order valence-corrected chi connectivity index (χ0v) is 30.8. The topological polar surface area (TPSA) is 222 Å². The van der Waals surface area contributed by atoms with Gasteiger partial charge in [-0.05, 0) is 69.8 Å². The van der Waals surface area contributed by atoms with Crippen LogP contribution in [0.15, 0.2) is 95.8 Å². The molecule has 288 valence electrons. The molecule has 0 radical (unpaired) electrons. The Morgan fingerprint density at radius 1 is 0.855 bits per heavy atom. The minimum absolute atomic E-state index is 0.140. The minimum Gasteiger partial charge on any atom is -0.508 e. The molecular weight excluding hydrogens is 708 g/mol. The lowest BCUT2D eigenvalue weighted by Gasteiger charge is -2.53. The molecule has 1 heterocycles. The number of carbonyl (C=O) groups is 5. The van der Waals surface area contributed by atoms with E-state index in [-0.39, 0.29) is 29.4 Å². The number of phenolic OH excluding ortho intramolecular Hbond substituents is 1. The number of rotatable bonds is 7. The third-order valence-corrected chi connectivity index (χ3v) is 11.1. The molecule has 14 nitrogen and oxygen atoms in total. The third kappa shape index (κ3) is 6.06. The molecular formula is C41H44N4O10. The van der Waals surface area contributed by atoms with E-state index in [1.54, 1.807) is 0 Å². The first kappa shape index (κ1) is 38.9. The number of aromatic hydroxyl groups is 1. The first-order chi connectivity index (χ1) is 26.0. The predicted molar refractivity (Wildman–Crippen MR) is 201 cm³/mol. The van der Waals surface area contributed by atoms with E-state index in [1.807, 2.05) is 60.7 Å². The van der Waals surface area contributed by atoms with Gasteiger partial charge in [0.15, 0.2) is 11.4 Å². The number of benzene rings is 3. The highest BCUT2D eigenvalue weighted by molar-refractivity contribution is 6.25. The van der Waals surface area contributed by atoms with E-state index in [0.717, 1.165) is 12.8 Å². The van der Waals surface area contributed by atoms with E-state index in [1.165, 1.54) is 54.1 Å². The monoisotopic (exact) mass is 752 g/mol. The summed E-state index contributed by atoms with van der Waals surface area (Å²) in [4.78, 5) is 65.7. The van der Waals surface area contributed by atoms with E-state index in [0.29, 0.717) is 17.8 Å². The van der Waals surface area contributed by atoms with Gasteiger partial charge in [0.05, 0.1) is 28.6 Å². The van der Waals surface area contributed by atoms with Crippen molar-refractivity contribution in [2.45, 2.75) is 56.8 Å². The van der Waals surface area contributed by atoms with E-state index >= 15 is 0 Å². The van der Waals surface area contributed by atoms with E-state index < -0.39 is 80.9 Å². The minimum atomic E-state index is -2.75. The maximum atomic E-state index is 13.7. The Labute approximate surface area is 317 Å². The maximum Gasteiger partial charge on any atom is 0.258 e. The molecule has 3 aromatic rings. The maximum absolute atomic E-state index is 13.7. The van der Waals surface area contributed by atoms with Crippen LogP contribution in [0.2, 0.25) is 0 Å². The second-order valence-electron chi connectivity index (χ2n) is 14.6. The van der Waals surface area contributed by atoms with Gasteiger partial charge in [-0.25, -0.2) is 10.0 Å². The molecule has 1 aliphatic heterocycles. The summed E-state index contributed by atoms with van der Waals surface area (Å²) in [6, 6.07) is 21.7. The number of anilines is 2. The van der Waals surface area contributed by atoms with Crippen molar-refractivity contribution in [2.75, 3.05) is 24.1 Å². The van der Waals surface area contributed by atoms with E-state index in [4.69, 9.17) is 5.73 Å². The summed E-state index contributed by atoms with van der Waals surface area (Å²) < 4.78 is 0. The van der Waals surface area contributed by atoms with Crippen LogP contribution in [0.25, 0.3) is 5.76 Å². The third-order valence-electron chi connectivity index (χ3n) is 11.1. The van der Waals surface area contributed by atoms with Gasteiger partial charge in [0.1, 0.15) is 28.8 Å². The molecule has 14 heteroatoms. The number of amides is 3. The molecule has 0 bridgehead atoms. The van der Waals surface area contributed by atoms with Crippen molar-refractivity contribution in [3.05, 3.63) is 107 Å². The number of ketones is 2. The van der Waals surface area contributed by atoms with Crippen molar-refractivity contribution in [1.82, 2.24) is 4.90 Å². The fourth-order valence-corrected chi connectivity index (χ4v) is 8.38. The number of para-hydroxylation sites is 2. The molecule has 7 rings (SSSR count). The average molecular weight is 753 g/mol. The van der Waals surface area contributed by atoms with Gasteiger partial charge in [0.25, 0.3) is 17.7 Å². The predicted octanol–water partition coefficient (Wildman–Crippen LogP) is 3.42. The van der Waals surface area contributed by atoms with Gasteiger partial charge in [-0.1, -0.05) is 68.3 Å². The second kappa shape index (κ2) is 14.4. The first-order valence-corrected chi connectivity index (χ1v) is 18.0. The molecule has 0 unspecified atom stereocenters. The Morgan fingerprint density at radius 3 is 1.89 bits per heavy atom. The molecule has 3 aromatic carbocycles. The van der Waals surface area contributed by atoms with Gasteiger partial charge in [0.2, 0.25) is 5.78 Å². The molecule has 0 aromatic heterocycles. The van der Waals surface area contributed by atoms with Crippen LogP contribution in [0.4, 0.5) is 11.4 Å². The Balaban J connectivity index is 0.000000197. The summed E-state index contributed by atoms with van der Waals surface area (Å²) in [6.07, 6.45) is 2.23. The quantitative estimate of drug-likeness (QED) is 0.152. The largest absolute Gasteiger partial charge is 0.508 e. The number of nitrogens with two attached hydrogens (primary N) is 1. The van der Waals surface area contributed by atoms with Crippen molar-refractivity contribution < 1.29 is 49.5 Å². The number of hydrogen-bond acceptors (Lipinski definition) is 11. The summed E-state index contributed by atoms with van der Waals surface area (Å²) in [5, 5.41) is 57.9. The summed E-state index contributed by atoms with van der Waals surface area (Å²) in [7, 11) is 3.01. The van der Waals surface area contributed by atoms with Gasteiger partial charge in [-0.15, -0.1) is 0 Å². The van der Waals surface area contributed by atoms with Gasteiger partial charge < -0.3 is 31.3 Å². The van der Waals surface area contributed by atoms with Crippen molar-refractivity contribution in [3.8, 4) is 5.75 Å². The van der Waals surface area contributed by atoms with Crippen molar-refractivity contribution in [1.29, 1.82) is 0 Å². The lowest BCUT2D eigenvalue weighted by Crippen LogP contribution is -2.67. The lowest BCUT2D eigenvalue weighted by atomic mass is 9.54. The average Bonchev–Trinajstić information content (AvgIpc) is 3.40. The van der Waals surface area contributed by atoms with Crippen LogP contribution in [0, 0.1) is 17.8 Å². The van der Waals surface area contributed by atoms with E-state index in [2.05, 4.69) is 6.92 Å². The number of carbonyl (C=O) groups excluding carboxylic acids is 5. The molecule has 1 saturated heterocycles. The zero-order valence-electron chi connectivity index (χ0n) is 30.8. The number of aliphatic hydroxyl groups is 4. The Morgan fingerprint density at radius 2 is 1.40 bits per heavy atom. The molecule has 3 aliphatic carbocycles. The molecule has 2 fully saturated rings. The van der Waals surface area contributed by atoms with Crippen LogP contribution in [-0.2, 0) is 29.6 Å². The number of Topliss-reactive ketones (excluding diaryl/α,β-unsaturated/α-hetero) is 2. The Kier molecular flexibility index (Phi) is 10.2. The number of primary amides is 1. The SMILES string of the molecule is CCCCC1C(=O)N(c2ccccc2)N(c2ccccc2)C1=O.CN(C)[C@@H]1C(=O)C(C(N)=O)=C(O)[C@@]2(O)C(=O)C3=C(O)c4c(O)cccc4[C@@](C)(O)[C@H]3C[C@@H]12. The summed E-state index contributed by atoms with van der Waals surface area (Å²) in [6.45, 7) is 3.47. The highest BCUT2D eigenvalue weighted by atomic mass is 16.3. The Bertz CT molecular complexity index is 2070. The number of phenols is 1. The molecule has 7 N–H and O–H groups in total. The van der Waals surface area contributed by atoms with Gasteiger partial charge >= 0.3 is 0 Å². The van der Waals surface area contributed by atoms with Crippen LogP contribution < -0.4 is 15.8 Å². The second-order valence-corrected chi connectivity index (χ2v) is 14.6. The number of unbranched alkanes of at least 4 members (excludes halogenated alkanes) is 1. The van der Waals surface area contributed by atoms with Crippen molar-refractivity contribution in [3.63, 3.8) is 0 Å². The zero-order chi connectivity index (χ0) is 40.1. The summed E-state index contributed by atoms with van der Waals surface area (Å²) in [5.74, 6) is -8.77. The van der Waals surface area contributed by atoms with E-state index in [9.17, 15) is 49.5 Å². The summed E-state index contributed by atoms with van der Waals surface area (Å²) >= 11 is 0. The highest BCUT2D eigenvalue weighted by Crippen LogP contribution is 2.57. The number of hydrogen-bond donors (Lipinski definition) is 6. The Hall–Kier alpha value is -5.83. The van der Waals surface area contributed by atoms with Crippen molar-refractivity contribution in [2.24, 2.45) is 23.5 Å². The summed E-state index contributed by atoms with van der Waals surface area (Å²) in [5.41, 5.74) is 0.885. The lowest BCUT2D eigenvalue weighted by molar-refractivity contribution is -0.159. The fraction of sp³-hybridized carbons (Fsp3) is 0.341. The number of hydrazine groups is 1. The normalized spacial score (nSPS) is 26.5. The molecule has 55 heavy (non-hydrogen) atoms. The number of likely N-dealkylation sites (N-methyl/N-ethyl adjacent to an activating group) is 1. The van der Waals surface area contributed by atoms with Crippen LogP contribution in [-0.4, -0.2) is 85.5 Å². The molecule has 1 saturated carbocycles.